The largest absolute Gasteiger partial charge is 0.480 e. The maximum absolute atomic E-state index is 13.8. The third-order valence-electron chi connectivity index (χ3n) is 3.94. The van der Waals surface area contributed by atoms with Crippen LogP contribution in [0.2, 0.25) is 5.02 Å². The Labute approximate surface area is 127 Å². The van der Waals surface area contributed by atoms with Crippen LogP contribution in [0.3, 0.4) is 0 Å². The first-order valence-electron chi connectivity index (χ1n) is 6.85. The highest BCUT2D eigenvalue weighted by molar-refractivity contribution is 6.30. The molecule has 114 valence electrons. The van der Waals surface area contributed by atoms with E-state index in [-0.39, 0.29) is 16.5 Å². The number of benzene rings is 1. The summed E-state index contributed by atoms with van der Waals surface area (Å²) >= 11 is 5.64. The smallest absolute Gasteiger partial charge is 0.329 e. The molecular formula is C15H17ClFNO3. The van der Waals surface area contributed by atoms with E-state index in [0.717, 1.165) is 18.9 Å². The summed E-state index contributed by atoms with van der Waals surface area (Å²) in [7, 11) is 0. The second kappa shape index (κ2) is 6.02. The highest BCUT2D eigenvalue weighted by Gasteiger charge is 2.43. The Morgan fingerprint density at radius 2 is 2.19 bits per heavy atom. The Hall–Kier alpha value is -1.62. The molecule has 1 aromatic carbocycles. The zero-order valence-electron chi connectivity index (χ0n) is 11.7. The quantitative estimate of drug-likeness (QED) is 0.900. The van der Waals surface area contributed by atoms with Crippen molar-refractivity contribution in [1.29, 1.82) is 0 Å². The SMILES string of the molecule is CC1CCCC(NC(=O)c2ccc(Cl)cc2F)(C(=O)O)C1. The summed E-state index contributed by atoms with van der Waals surface area (Å²) in [5.74, 6) is -2.35. The number of halogens is 2. The van der Waals surface area contributed by atoms with E-state index >= 15 is 0 Å². The average molecular weight is 314 g/mol. The van der Waals surface area contributed by atoms with Gasteiger partial charge in [-0.15, -0.1) is 0 Å². The average Bonchev–Trinajstić information content (AvgIpc) is 2.38. The Bertz CT molecular complexity index is 578. The first-order valence-corrected chi connectivity index (χ1v) is 7.23. The van der Waals surface area contributed by atoms with Gasteiger partial charge in [0.25, 0.3) is 5.91 Å². The van der Waals surface area contributed by atoms with E-state index in [1.165, 1.54) is 12.1 Å². The molecule has 1 aliphatic rings. The molecule has 1 saturated carbocycles. The lowest BCUT2D eigenvalue weighted by Gasteiger charge is -2.37. The molecule has 1 amide bonds. The zero-order valence-corrected chi connectivity index (χ0v) is 12.4. The van der Waals surface area contributed by atoms with Gasteiger partial charge in [0.1, 0.15) is 11.4 Å². The van der Waals surface area contributed by atoms with E-state index < -0.39 is 23.2 Å². The Morgan fingerprint density at radius 3 is 2.76 bits per heavy atom. The molecule has 21 heavy (non-hydrogen) atoms. The van der Waals surface area contributed by atoms with Crippen LogP contribution in [0, 0.1) is 11.7 Å². The minimum Gasteiger partial charge on any atom is -0.480 e. The highest BCUT2D eigenvalue weighted by Crippen LogP contribution is 2.33. The number of carboxylic acids is 1. The number of carboxylic acid groups (broad SMARTS) is 1. The van der Waals surface area contributed by atoms with E-state index in [0.29, 0.717) is 12.8 Å². The van der Waals surface area contributed by atoms with Gasteiger partial charge < -0.3 is 10.4 Å². The van der Waals surface area contributed by atoms with Crippen molar-refractivity contribution in [2.24, 2.45) is 5.92 Å². The molecule has 0 saturated heterocycles. The predicted molar refractivity (Wildman–Crippen MR) is 76.9 cm³/mol. The van der Waals surface area contributed by atoms with Crippen molar-refractivity contribution in [3.05, 3.63) is 34.6 Å². The summed E-state index contributed by atoms with van der Waals surface area (Å²) in [5, 5.41) is 12.2. The van der Waals surface area contributed by atoms with Gasteiger partial charge in [-0.3, -0.25) is 4.79 Å². The molecule has 2 unspecified atom stereocenters. The van der Waals surface area contributed by atoms with Crippen LogP contribution in [-0.2, 0) is 4.79 Å². The molecule has 0 spiro atoms. The number of hydrogen-bond donors (Lipinski definition) is 2. The number of amides is 1. The summed E-state index contributed by atoms with van der Waals surface area (Å²) in [4.78, 5) is 23.8. The third kappa shape index (κ3) is 3.35. The van der Waals surface area contributed by atoms with Crippen LogP contribution in [0.25, 0.3) is 0 Å². The van der Waals surface area contributed by atoms with Crippen molar-refractivity contribution in [2.75, 3.05) is 0 Å². The molecule has 4 nitrogen and oxygen atoms in total. The van der Waals surface area contributed by atoms with Gasteiger partial charge in [-0.25, -0.2) is 9.18 Å². The van der Waals surface area contributed by atoms with Crippen molar-refractivity contribution >= 4 is 23.5 Å². The highest BCUT2D eigenvalue weighted by atomic mass is 35.5. The normalized spacial score (nSPS) is 25.4. The maximum Gasteiger partial charge on any atom is 0.329 e. The predicted octanol–water partition coefficient (Wildman–Crippen LogP) is 3.24. The number of nitrogens with one attached hydrogen (secondary N) is 1. The number of hydrogen-bond acceptors (Lipinski definition) is 2. The molecule has 1 aromatic rings. The summed E-state index contributed by atoms with van der Waals surface area (Å²) in [5.41, 5.74) is -1.51. The lowest BCUT2D eigenvalue weighted by molar-refractivity contribution is -0.146. The van der Waals surface area contributed by atoms with Gasteiger partial charge in [-0.05, 0) is 37.0 Å². The van der Waals surface area contributed by atoms with Gasteiger partial charge in [0.15, 0.2) is 0 Å². The van der Waals surface area contributed by atoms with Crippen molar-refractivity contribution in [1.82, 2.24) is 5.32 Å². The van der Waals surface area contributed by atoms with Crippen LogP contribution in [-0.4, -0.2) is 22.5 Å². The minimum atomic E-state index is -1.32. The second-order valence-corrected chi connectivity index (χ2v) is 6.10. The molecule has 0 radical (unpaired) electrons. The molecule has 2 atom stereocenters. The second-order valence-electron chi connectivity index (χ2n) is 5.67. The van der Waals surface area contributed by atoms with Crippen molar-refractivity contribution in [2.45, 2.75) is 38.1 Å². The monoisotopic (exact) mass is 313 g/mol. The van der Waals surface area contributed by atoms with Gasteiger partial charge in [-0.2, -0.15) is 0 Å². The number of rotatable bonds is 3. The Morgan fingerprint density at radius 1 is 1.48 bits per heavy atom. The van der Waals surface area contributed by atoms with Gasteiger partial charge in [0.2, 0.25) is 0 Å². The molecule has 0 aliphatic heterocycles. The van der Waals surface area contributed by atoms with E-state index in [1.54, 1.807) is 0 Å². The standard InChI is InChI=1S/C15H17ClFNO3/c1-9-3-2-6-15(8-9,14(20)21)18-13(19)11-5-4-10(16)7-12(11)17/h4-5,7,9H,2-3,6,8H2,1H3,(H,18,19)(H,20,21). The number of carbonyl (C=O) groups excluding carboxylic acids is 1. The summed E-state index contributed by atoms with van der Waals surface area (Å²) in [6.07, 6.45) is 2.36. The van der Waals surface area contributed by atoms with Gasteiger partial charge >= 0.3 is 5.97 Å². The van der Waals surface area contributed by atoms with Crippen molar-refractivity contribution in [3.8, 4) is 0 Å². The lowest BCUT2D eigenvalue weighted by Crippen LogP contribution is -2.56. The number of aliphatic carboxylic acids is 1. The fourth-order valence-corrected chi connectivity index (χ4v) is 3.03. The molecule has 0 bridgehead atoms. The fourth-order valence-electron chi connectivity index (χ4n) is 2.87. The van der Waals surface area contributed by atoms with Gasteiger partial charge in [0.05, 0.1) is 5.56 Å². The van der Waals surface area contributed by atoms with Crippen LogP contribution >= 0.6 is 11.6 Å². The zero-order chi connectivity index (χ0) is 15.6. The Kier molecular flexibility index (Phi) is 4.52. The van der Waals surface area contributed by atoms with Crippen LogP contribution in [0.1, 0.15) is 43.0 Å². The molecule has 1 aliphatic carbocycles. The molecule has 0 heterocycles. The van der Waals surface area contributed by atoms with Gasteiger partial charge in [-0.1, -0.05) is 31.4 Å². The Balaban J connectivity index is 2.24. The summed E-state index contributed by atoms with van der Waals surface area (Å²) in [6.45, 7) is 1.95. The molecule has 0 aromatic heterocycles. The maximum atomic E-state index is 13.8. The van der Waals surface area contributed by atoms with Crippen LogP contribution in [0.15, 0.2) is 18.2 Å². The molecule has 2 N–H and O–H groups in total. The molecule has 2 rings (SSSR count). The van der Waals surface area contributed by atoms with E-state index in [9.17, 15) is 19.1 Å². The molecular weight excluding hydrogens is 297 g/mol. The van der Waals surface area contributed by atoms with Gasteiger partial charge in [0, 0.05) is 5.02 Å². The van der Waals surface area contributed by atoms with E-state index in [4.69, 9.17) is 11.6 Å². The number of carbonyl (C=O) groups is 2. The first-order chi connectivity index (χ1) is 9.84. The molecule has 1 fully saturated rings. The first kappa shape index (κ1) is 15.8. The topological polar surface area (TPSA) is 66.4 Å². The third-order valence-corrected chi connectivity index (χ3v) is 4.17. The van der Waals surface area contributed by atoms with Crippen LogP contribution in [0.4, 0.5) is 4.39 Å². The van der Waals surface area contributed by atoms with E-state index in [2.05, 4.69) is 5.32 Å². The van der Waals surface area contributed by atoms with Crippen LogP contribution < -0.4 is 5.32 Å². The summed E-state index contributed by atoms with van der Waals surface area (Å²) < 4.78 is 13.8. The molecule has 6 heteroatoms. The van der Waals surface area contributed by atoms with Crippen molar-refractivity contribution < 1.29 is 19.1 Å². The summed E-state index contributed by atoms with van der Waals surface area (Å²) in [6, 6.07) is 3.69. The fraction of sp³-hybridized carbons (Fsp3) is 0.467. The lowest BCUT2D eigenvalue weighted by atomic mass is 9.76. The van der Waals surface area contributed by atoms with Crippen LogP contribution in [0.5, 0.6) is 0 Å². The minimum absolute atomic E-state index is 0.184. The van der Waals surface area contributed by atoms with Crippen molar-refractivity contribution in [3.63, 3.8) is 0 Å². The van der Waals surface area contributed by atoms with E-state index in [1.807, 2.05) is 6.92 Å².